The van der Waals surface area contributed by atoms with Crippen LogP contribution in [0.4, 0.5) is 0 Å². The first-order valence-electron chi connectivity index (χ1n) is 6.24. The lowest BCUT2D eigenvalue weighted by molar-refractivity contribution is -0.139. The maximum atomic E-state index is 12.2. The topological polar surface area (TPSA) is 59.2 Å². The third-order valence-corrected chi connectivity index (χ3v) is 4.17. The second-order valence-electron chi connectivity index (χ2n) is 5.32. The highest BCUT2D eigenvalue weighted by atomic mass is 35.5. The van der Waals surface area contributed by atoms with Crippen LogP contribution < -0.4 is 5.73 Å². The number of halogens is 2. The van der Waals surface area contributed by atoms with Gasteiger partial charge in [0.15, 0.2) is 0 Å². The van der Waals surface area contributed by atoms with Gasteiger partial charge in [0.2, 0.25) is 5.91 Å². The van der Waals surface area contributed by atoms with Crippen molar-refractivity contribution in [3.8, 4) is 0 Å². The van der Waals surface area contributed by atoms with Gasteiger partial charge in [-0.3, -0.25) is 4.79 Å². The molecular formula is C14H21Cl2N3OS. The molecule has 0 saturated heterocycles. The fourth-order valence-corrected chi connectivity index (χ4v) is 2.89. The fraction of sp³-hybridized carbons (Fsp3) is 0.429. The molecule has 0 spiro atoms. The number of carbonyl (C=O) groups excluding carboxylic acids is 1. The summed E-state index contributed by atoms with van der Waals surface area (Å²) in [6, 6.07) is 8.00. The molecular weight excluding hydrogens is 329 g/mol. The summed E-state index contributed by atoms with van der Waals surface area (Å²) < 4.78 is 1.15. The van der Waals surface area contributed by atoms with Gasteiger partial charge in [0, 0.05) is 13.6 Å². The minimum absolute atomic E-state index is 0. The van der Waals surface area contributed by atoms with Gasteiger partial charge in [-0.15, -0.1) is 36.2 Å². The maximum Gasteiger partial charge on any atom is 0.229 e. The van der Waals surface area contributed by atoms with Crippen molar-refractivity contribution in [3.63, 3.8) is 0 Å². The van der Waals surface area contributed by atoms with Crippen LogP contribution in [0.15, 0.2) is 24.3 Å². The molecule has 0 atom stereocenters. The van der Waals surface area contributed by atoms with Gasteiger partial charge in [0.05, 0.1) is 22.2 Å². The first-order valence-corrected chi connectivity index (χ1v) is 7.06. The summed E-state index contributed by atoms with van der Waals surface area (Å²) in [6.45, 7) is 4.60. The second-order valence-corrected chi connectivity index (χ2v) is 6.44. The normalized spacial score (nSPS) is 10.7. The van der Waals surface area contributed by atoms with Crippen LogP contribution in [0.5, 0.6) is 0 Å². The Kier molecular flexibility index (Phi) is 7.61. The Balaban J connectivity index is 0.00000200. The van der Waals surface area contributed by atoms with Crippen molar-refractivity contribution in [1.82, 2.24) is 9.88 Å². The van der Waals surface area contributed by atoms with E-state index in [0.717, 1.165) is 15.2 Å². The molecule has 0 unspecified atom stereocenters. The Morgan fingerprint density at radius 1 is 1.33 bits per heavy atom. The Labute approximate surface area is 141 Å². The lowest BCUT2D eigenvalue weighted by Crippen LogP contribution is -2.42. The zero-order valence-corrected chi connectivity index (χ0v) is 14.8. The van der Waals surface area contributed by atoms with E-state index >= 15 is 0 Å². The van der Waals surface area contributed by atoms with E-state index in [-0.39, 0.29) is 30.7 Å². The van der Waals surface area contributed by atoms with E-state index in [1.54, 1.807) is 23.3 Å². The number of nitrogens with zero attached hydrogens (tertiary/aromatic N) is 2. The van der Waals surface area contributed by atoms with Crippen LogP contribution in [0, 0.1) is 5.41 Å². The van der Waals surface area contributed by atoms with E-state index in [2.05, 4.69) is 4.98 Å². The third kappa shape index (κ3) is 4.54. The Morgan fingerprint density at radius 3 is 2.52 bits per heavy atom. The standard InChI is InChI=1S/C14H19N3OS.2ClH/c1-14(2,9-15)13(18)17(3)8-12-16-10-6-4-5-7-11(10)19-12;;/h4-7H,8-9,15H2,1-3H3;2*1H. The van der Waals surface area contributed by atoms with Crippen LogP contribution in [0.25, 0.3) is 10.2 Å². The molecule has 0 fully saturated rings. The van der Waals surface area contributed by atoms with E-state index in [1.807, 2.05) is 38.1 Å². The van der Waals surface area contributed by atoms with Crippen molar-refractivity contribution in [2.45, 2.75) is 20.4 Å². The van der Waals surface area contributed by atoms with Gasteiger partial charge < -0.3 is 10.6 Å². The first kappa shape index (κ1) is 20.1. The molecule has 4 nitrogen and oxygen atoms in total. The minimum Gasteiger partial charge on any atom is -0.338 e. The predicted octanol–water partition coefficient (Wildman–Crippen LogP) is 3.08. The predicted molar refractivity (Wildman–Crippen MR) is 93.4 cm³/mol. The number of benzene rings is 1. The highest BCUT2D eigenvalue weighted by molar-refractivity contribution is 7.18. The second kappa shape index (κ2) is 7.94. The number of aromatic nitrogens is 1. The summed E-state index contributed by atoms with van der Waals surface area (Å²) in [6.07, 6.45) is 0. The summed E-state index contributed by atoms with van der Waals surface area (Å²) in [4.78, 5) is 18.5. The number of rotatable bonds is 4. The van der Waals surface area contributed by atoms with Crippen molar-refractivity contribution in [2.75, 3.05) is 13.6 Å². The highest BCUT2D eigenvalue weighted by Gasteiger charge is 2.29. The molecule has 2 rings (SSSR count). The molecule has 0 bridgehead atoms. The smallest absolute Gasteiger partial charge is 0.229 e. The largest absolute Gasteiger partial charge is 0.338 e. The van der Waals surface area contributed by atoms with E-state index < -0.39 is 5.41 Å². The van der Waals surface area contributed by atoms with Gasteiger partial charge in [0.25, 0.3) is 0 Å². The molecule has 7 heteroatoms. The Morgan fingerprint density at radius 2 is 1.95 bits per heavy atom. The molecule has 1 amide bonds. The number of amides is 1. The summed E-state index contributed by atoms with van der Waals surface area (Å²) in [5.41, 5.74) is 6.10. The maximum absolute atomic E-state index is 12.2. The summed E-state index contributed by atoms with van der Waals surface area (Å²) >= 11 is 1.62. The molecule has 1 aromatic heterocycles. The molecule has 0 aliphatic carbocycles. The summed E-state index contributed by atoms with van der Waals surface area (Å²) in [7, 11) is 1.80. The average Bonchev–Trinajstić information content (AvgIpc) is 2.79. The Bertz CT molecular complexity index is 568. The quantitative estimate of drug-likeness (QED) is 0.922. The number of carbonyl (C=O) groups is 1. The van der Waals surface area contributed by atoms with Crippen molar-refractivity contribution in [1.29, 1.82) is 0 Å². The van der Waals surface area contributed by atoms with Gasteiger partial charge in [-0.2, -0.15) is 0 Å². The number of hydrogen-bond acceptors (Lipinski definition) is 4. The summed E-state index contributed by atoms with van der Waals surface area (Å²) in [5, 5.41) is 0.949. The van der Waals surface area contributed by atoms with E-state index in [0.29, 0.717) is 13.1 Å². The van der Waals surface area contributed by atoms with Crippen molar-refractivity contribution >= 4 is 52.3 Å². The first-order chi connectivity index (χ1) is 8.94. The lowest BCUT2D eigenvalue weighted by Gasteiger charge is -2.27. The molecule has 2 aromatic rings. The van der Waals surface area contributed by atoms with Crippen molar-refractivity contribution < 1.29 is 4.79 Å². The van der Waals surface area contributed by atoms with Crippen molar-refractivity contribution in [2.24, 2.45) is 11.1 Å². The van der Waals surface area contributed by atoms with Crippen molar-refractivity contribution in [3.05, 3.63) is 29.3 Å². The third-order valence-electron chi connectivity index (χ3n) is 3.15. The molecule has 0 aliphatic rings. The number of hydrogen-bond donors (Lipinski definition) is 1. The van der Waals surface area contributed by atoms with Crippen LogP contribution in [0.2, 0.25) is 0 Å². The fourth-order valence-electron chi connectivity index (χ4n) is 1.87. The SMILES string of the molecule is CN(Cc1nc2ccccc2s1)C(=O)C(C)(C)CN.Cl.Cl. The molecule has 0 aliphatic heterocycles. The van der Waals surface area contributed by atoms with Gasteiger partial charge in [-0.25, -0.2) is 4.98 Å². The van der Waals surface area contributed by atoms with E-state index in [1.165, 1.54) is 0 Å². The van der Waals surface area contributed by atoms with E-state index in [4.69, 9.17) is 5.73 Å². The molecule has 0 radical (unpaired) electrons. The molecule has 21 heavy (non-hydrogen) atoms. The van der Waals surface area contributed by atoms with Crippen LogP contribution in [0.3, 0.4) is 0 Å². The molecule has 118 valence electrons. The summed E-state index contributed by atoms with van der Waals surface area (Å²) in [5.74, 6) is 0.0502. The van der Waals surface area contributed by atoms with Crippen LogP contribution >= 0.6 is 36.2 Å². The lowest BCUT2D eigenvalue weighted by atomic mass is 9.92. The number of fused-ring (bicyclic) bond motifs is 1. The average molecular weight is 350 g/mol. The Hall–Kier alpha value is -0.880. The van der Waals surface area contributed by atoms with Crippen LogP contribution in [-0.2, 0) is 11.3 Å². The van der Waals surface area contributed by atoms with Gasteiger partial charge in [-0.05, 0) is 26.0 Å². The molecule has 0 saturated carbocycles. The van der Waals surface area contributed by atoms with Gasteiger partial charge >= 0.3 is 0 Å². The van der Waals surface area contributed by atoms with Gasteiger partial charge in [0.1, 0.15) is 5.01 Å². The monoisotopic (exact) mass is 349 g/mol. The van der Waals surface area contributed by atoms with Crippen LogP contribution in [-0.4, -0.2) is 29.4 Å². The zero-order chi connectivity index (χ0) is 14.0. The number of para-hydroxylation sites is 1. The number of thiazole rings is 1. The van der Waals surface area contributed by atoms with Crippen LogP contribution in [0.1, 0.15) is 18.9 Å². The minimum atomic E-state index is -0.522. The van der Waals surface area contributed by atoms with Gasteiger partial charge in [-0.1, -0.05) is 12.1 Å². The highest BCUT2D eigenvalue weighted by Crippen LogP contribution is 2.24. The molecule has 1 aromatic carbocycles. The molecule has 1 heterocycles. The zero-order valence-electron chi connectivity index (χ0n) is 12.3. The van der Waals surface area contributed by atoms with E-state index in [9.17, 15) is 4.79 Å². The molecule has 2 N–H and O–H groups in total. The number of nitrogens with two attached hydrogens (primary N) is 1.